The maximum atomic E-state index is 13.3. The minimum absolute atomic E-state index is 0.157. The Morgan fingerprint density at radius 1 is 1.45 bits per heavy atom. The summed E-state index contributed by atoms with van der Waals surface area (Å²) in [6.45, 7) is 1.84. The molecule has 7 heteroatoms. The van der Waals surface area contributed by atoms with Gasteiger partial charge >= 0.3 is 0 Å². The van der Waals surface area contributed by atoms with E-state index in [2.05, 4.69) is 5.32 Å². The fraction of sp³-hybridized carbons (Fsp3) is 0.538. The van der Waals surface area contributed by atoms with Crippen molar-refractivity contribution in [1.29, 1.82) is 0 Å². The first kappa shape index (κ1) is 15.2. The van der Waals surface area contributed by atoms with E-state index in [0.29, 0.717) is 11.3 Å². The molecule has 112 valence electrons. The van der Waals surface area contributed by atoms with E-state index in [4.69, 9.17) is 4.74 Å². The van der Waals surface area contributed by atoms with Crippen molar-refractivity contribution in [2.75, 3.05) is 18.6 Å². The molecule has 0 aliphatic carbocycles. The largest absolute Gasteiger partial charge is 0.486 e. The van der Waals surface area contributed by atoms with Crippen LogP contribution in [0, 0.1) is 5.82 Å². The molecule has 1 fully saturated rings. The average molecular weight is 303 g/mol. The number of sulfone groups is 1. The number of aliphatic hydroxyl groups is 1. The number of hydrogen-bond donors (Lipinski definition) is 2. The van der Waals surface area contributed by atoms with Gasteiger partial charge in [-0.2, -0.15) is 0 Å². The Hall–Kier alpha value is -1.18. The van der Waals surface area contributed by atoms with Gasteiger partial charge in [0.05, 0.1) is 11.5 Å². The third-order valence-corrected chi connectivity index (χ3v) is 5.11. The standard InChI is InChI=1S/C13H18FNO4S/c1-8(15-2)10-5-9(14)3-4-12(10)19-13-7-20(17,18)6-11(13)16/h3-5,8,11,13,15-16H,6-7H2,1-2H3. The molecular weight excluding hydrogens is 285 g/mol. The minimum Gasteiger partial charge on any atom is -0.486 e. The van der Waals surface area contributed by atoms with Crippen LogP contribution in [0.3, 0.4) is 0 Å². The normalized spacial score (nSPS) is 26.4. The predicted molar refractivity (Wildman–Crippen MR) is 73.0 cm³/mol. The third-order valence-electron chi connectivity index (χ3n) is 3.42. The summed E-state index contributed by atoms with van der Waals surface area (Å²) in [5.41, 5.74) is 0.587. The molecule has 0 saturated carbocycles. The number of halogens is 1. The number of nitrogens with one attached hydrogen (secondary N) is 1. The van der Waals surface area contributed by atoms with E-state index in [-0.39, 0.29) is 17.5 Å². The number of rotatable bonds is 4. The van der Waals surface area contributed by atoms with Crippen molar-refractivity contribution in [1.82, 2.24) is 5.32 Å². The summed E-state index contributed by atoms with van der Waals surface area (Å²) < 4.78 is 41.8. The first-order valence-corrected chi connectivity index (χ1v) is 8.16. The molecule has 0 spiro atoms. The van der Waals surface area contributed by atoms with Gasteiger partial charge in [0.2, 0.25) is 0 Å². The smallest absolute Gasteiger partial charge is 0.156 e. The number of hydrogen-bond acceptors (Lipinski definition) is 5. The summed E-state index contributed by atoms with van der Waals surface area (Å²) in [7, 11) is -1.55. The topological polar surface area (TPSA) is 75.6 Å². The summed E-state index contributed by atoms with van der Waals surface area (Å²) >= 11 is 0. The second-order valence-corrected chi connectivity index (χ2v) is 7.15. The van der Waals surface area contributed by atoms with Crippen LogP contribution in [0.1, 0.15) is 18.5 Å². The molecule has 0 bridgehead atoms. The molecule has 3 atom stereocenters. The lowest BCUT2D eigenvalue weighted by molar-refractivity contribution is 0.0727. The number of aliphatic hydroxyl groups excluding tert-OH is 1. The van der Waals surface area contributed by atoms with Crippen molar-refractivity contribution in [3.63, 3.8) is 0 Å². The second-order valence-electron chi connectivity index (χ2n) is 4.99. The molecule has 1 aliphatic rings. The molecule has 20 heavy (non-hydrogen) atoms. The van der Waals surface area contributed by atoms with Crippen LogP contribution in [-0.2, 0) is 9.84 Å². The van der Waals surface area contributed by atoms with Gasteiger partial charge in [0.15, 0.2) is 9.84 Å². The Labute approximate surface area is 117 Å². The van der Waals surface area contributed by atoms with E-state index >= 15 is 0 Å². The molecule has 1 saturated heterocycles. The highest BCUT2D eigenvalue weighted by atomic mass is 32.2. The van der Waals surface area contributed by atoms with Crippen LogP contribution < -0.4 is 10.1 Å². The maximum Gasteiger partial charge on any atom is 0.156 e. The first-order valence-electron chi connectivity index (χ1n) is 6.34. The molecule has 5 nitrogen and oxygen atoms in total. The quantitative estimate of drug-likeness (QED) is 0.854. The molecule has 0 radical (unpaired) electrons. The van der Waals surface area contributed by atoms with Gasteiger partial charge in [0.1, 0.15) is 23.8 Å². The van der Waals surface area contributed by atoms with Crippen LogP contribution in [0.25, 0.3) is 0 Å². The number of ether oxygens (including phenoxy) is 1. The fourth-order valence-electron chi connectivity index (χ4n) is 2.19. The van der Waals surface area contributed by atoms with Gasteiger partial charge in [-0.25, -0.2) is 12.8 Å². The Balaban J connectivity index is 2.25. The van der Waals surface area contributed by atoms with E-state index in [9.17, 15) is 17.9 Å². The molecule has 0 aromatic heterocycles. The molecule has 3 unspecified atom stereocenters. The van der Waals surface area contributed by atoms with Gasteiger partial charge in [0, 0.05) is 11.6 Å². The van der Waals surface area contributed by atoms with Crippen molar-refractivity contribution in [3.05, 3.63) is 29.6 Å². The van der Waals surface area contributed by atoms with Gasteiger partial charge in [-0.05, 0) is 32.2 Å². The first-order chi connectivity index (χ1) is 9.32. The van der Waals surface area contributed by atoms with Crippen molar-refractivity contribution in [2.24, 2.45) is 0 Å². The van der Waals surface area contributed by atoms with Gasteiger partial charge in [0.25, 0.3) is 0 Å². The lowest BCUT2D eigenvalue weighted by atomic mass is 10.1. The van der Waals surface area contributed by atoms with Crippen molar-refractivity contribution in [3.8, 4) is 5.75 Å². The van der Waals surface area contributed by atoms with Crippen molar-refractivity contribution < 1.29 is 22.7 Å². The van der Waals surface area contributed by atoms with E-state index in [1.165, 1.54) is 18.2 Å². The summed E-state index contributed by atoms with van der Waals surface area (Å²) in [5.74, 6) is -0.530. The second kappa shape index (κ2) is 5.67. The van der Waals surface area contributed by atoms with Crippen LogP contribution in [0.4, 0.5) is 4.39 Å². The Bertz CT molecular complexity index is 590. The average Bonchev–Trinajstić information content (AvgIpc) is 2.63. The lowest BCUT2D eigenvalue weighted by Crippen LogP contribution is -2.30. The minimum atomic E-state index is -3.28. The summed E-state index contributed by atoms with van der Waals surface area (Å²) in [5, 5.41) is 12.7. The van der Waals surface area contributed by atoms with E-state index in [1.807, 2.05) is 6.92 Å². The third kappa shape index (κ3) is 3.28. The molecule has 2 N–H and O–H groups in total. The zero-order valence-electron chi connectivity index (χ0n) is 11.3. The highest BCUT2D eigenvalue weighted by Gasteiger charge is 2.38. The van der Waals surface area contributed by atoms with Crippen LogP contribution in [0.15, 0.2) is 18.2 Å². The molecule has 1 heterocycles. The van der Waals surface area contributed by atoms with E-state index < -0.39 is 27.9 Å². The van der Waals surface area contributed by atoms with Crippen LogP contribution in [0.2, 0.25) is 0 Å². The van der Waals surface area contributed by atoms with E-state index in [0.717, 1.165) is 0 Å². The molecule has 1 aromatic rings. The molecule has 1 aromatic carbocycles. The predicted octanol–water partition coefficient (Wildman–Crippen LogP) is 0.643. The Kier molecular flexibility index (Phi) is 4.31. The number of benzene rings is 1. The summed E-state index contributed by atoms with van der Waals surface area (Å²) in [4.78, 5) is 0. The molecule has 1 aliphatic heterocycles. The van der Waals surface area contributed by atoms with Crippen LogP contribution in [0.5, 0.6) is 5.75 Å². The van der Waals surface area contributed by atoms with Gasteiger partial charge < -0.3 is 15.2 Å². The van der Waals surface area contributed by atoms with Crippen LogP contribution in [-0.4, -0.2) is 44.3 Å². The Morgan fingerprint density at radius 3 is 2.70 bits per heavy atom. The van der Waals surface area contributed by atoms with Gasteiger partial charge in [-0.15, -0.1) is 0 Å². The Morgan fingerprint density at radius 2 is 2.15 bits per heavy atom. The molecular formula is C13H18FNO4S. The monoisotopic (exact) mass is 303 g/mol. The van der Waals surface area contributed by atoms with Crippen molar-refractivity contribution >= 4 is 9.84 Å². The summed E-state index contributed by atoms with van der Waals surface area (Å²) in [6, 6.07) is 3.88. The highest BCUT2D eigenvalue weighted by molar-refractivity contribution is 7.91. The van der Waals surface area contributed by atoms with Crippen LogP contribution >= 0.6 is 0 Å². The highest BCUT2D eigenvalue weighted by Crippen LogP contribution is 2.29. The van der Waals surface area contributed by atoms with Gasteiger partial charge in [-0.1, -0.05) is 0 Å². The van der Waals surface area contributed by atoms with E-state index in [1.54, 1.807) is 7.05 Å². The SMILES string of the molecule is CNC(C)c1cc(F)ccc1OC1CS(=O)(=O)CC1O. The zero-order valence-corrected chi connectivity index (χ0v) is 12.2. The maximum absolute atomic E-state index is 13.3. The molecule has 2 rings (SSSR count). The zero-order chi connectivity index (χ0) is 14.9. The lowest BCUT2D eigenvalue weighted by Gasteiger charge is -2.21. The van der Waals surface area contributed by atoms with Crippen molar-refractivity contribution in [2.45, 2.75) is 25.2 Å². The fourth-order valence-corrected chi connectivity index (χ4v) is 3.85. The summed E-state index contributed by atoms with van der Waals surface area (Å²) in [6.07, 6.45) is -1.86. The molecule has 0 amide bonds. The van der Waals surface area contributed by atoms with Gasteiger partial charge in [-0.3, -0.25) is 0 Å².